The van der Waals surface area contributed by atoms with Crippen molar-refractivity contribution in [2.75, 3.05) is 0 Å². The Bertz CT molecular complexity index is 450. The van der Waals surface area contributed by atoms with Crippen LogP contribution in [0.1, 0.15) is 58.3 Å². The highest BCUT2D eigenvalue weighted by Gasteiger charge is 2.58. The highest BCUT2D eigenvalue weighted by Crippen LogP contribution is 2.64. The van der Waals surface area contributed by atoms with Crippen LogP contribution in [0, 0.1) is 35.0 Å². The van der Waals surface area contributed by atoms with Gasteiger partial charge in [-0.3, -0.25) is 4.79 Å². The molecule has 0 aromatic rings. The molecule has 8 atom stereocenters. The Morgan fingerprint density at radius 2 is 1.90 bits per heavy atom. The summed E-state index contributed by atoms with van der Waals surface area (Å²) in [6.45, 7) is 2.50. The summed E-state index contributed by atoms with van der Waals surface area (Å²) in [5.41, 5.74) is 0.426. The summed E-state index contributed by atoms with van der Waals surface area (Å²) >= 11 is 3.72. The van der Waals surface area contributed by atoms with Gasteiger partial charge in [-0.1, -0.05) is 22.9 Å². The first-order valence-electron chi connectivity index (χ1n) is 8.85. The molecule has 0 aromatic carbocycles. The van der Waals surface area contributed by atoms with Crippen LogP contribution in [0.3, 0.4) is 0 Å². The Morgan fingerprint density at radius 1 is 1.10 bits per heavy atom. The number of aliphatic hydroxyl groups excluding tert-OH is 1. The summed E-state index contributed by atoms with van der Waals surface area (Å²) in [6, 6.07) is 0. The number of hydrogen-bond donors (Lipinski definition) is 1. The highest BCUT2D eigenvalue weighted by atomic mass is 79.9. The number of alkyl halides is 1. The molecule has 3 heteroatoms. The Morgan fingerprint density at radius 3 is 2.71 bits per heavy atom. The van der Waals surface area contributed by atoms with Gasteiger partial charge in [-0.05, 0) is 80.0 Å². The van der Waals surface area contributed by atoms with Crippen LogP contribution in [0.2, 0.25) is 0 Å². The van der Waals surface area contributed by atoms with E-state index in [2.05, 4.69) is 22.9 Å². The van der Waals surface area contributed by atoms with E-state index >= 15 is 0 Å². The van der Waals surface area contributed by atoms with Crippen LogP contribution >= 0.6 is 15.9 Å². The number of carbonyl (C=O) groups is 1. The maximum Gasteiger partial charge on any atom is 0.146 e. The second-order valence-electron chi connectivity index (χ2n) is 8.45. The number of fused-ring (bicyclic) bond motifs is 5. The van der Waals surface area contributed by atoms with Crippen LogP contribution in [-0.2, 0) is 4.79 Å². The van der Waals surface area contributed by atoms with Gasteiger partial charge < -0.3 is 5.11 Å². The first-order valence-corrected chi connectivity index (χ1v) is 9.77. The van der Waals surface area contributed by atoms with Gasteiger partial charge >= 0.3 is 0 Å². The molecule has 4 rings (SSSR count). The number of rotatable bonds is 0. The van der Waals surface area contributed by atoms with Crippen LogP contribution in [-0.4, -0.2) is 21.8 Å². The van der Waals surface area contributed by atoms with E-state index in [9.17, 15) is 9.90 Å². The van der Waals surface area contributed by atoms with Crippen molar-refractivity contribution in [3.63, 3.8) is 0 Å². The monoisotopic (exact) mass is 354 g/mol. The molecule has 118 valence electrons. The topological polar surface area (TPSA) is 37.3 Å². The van der Waals surface area contributed by atoms with Gasteiger partial charge in [-0.15, -0.1) is 0 Å². The van der Waals surface area contributed by atoms with E-state index in [1.54, 1.807) is 0 Å². The van der Waals surface area contributed by atoms with Crippen LogP contribution in [0.4, 0.5) is 0 Å². The minimum atomic E-state index is -0.0613. The molecule has 2 nitrogen and oxygen atoms in total. The molecule has 0 amide bonds. The molecule has 0 heterocycles. The Balaban J connectivity index is 1.62. The average molecular weight is 355 g/mol. The van der Waals surface area contributed by atoms with Crippen molar-refractivity contribution >= 4 is 21.7 Å². The van der Waals surface area contributed by atoms with E-state index in [1.807, 2.05) is 0 Å². The number of ketones is 1. The third kappa shape index (κ3) is 2.09. The summed E-state index contributed by atoms with van der Waals surface area (Å²) in [4.78, 5) is 12.2. The molecular formula is C18H27BrO2. The van der Waals surface area contributed by atoms with Gasteiger partial charge in [0.2, 0.25) is 0 Å². The van der Waals surface area contributed by atoms with Crippen molar-refractivity contribution in [1.29, 1.82) is 0 Å². The van der Waals surface area contributed by atoms with Crippen molar-refractivity contribution in [2.24, 2.45) is 35.0 Å². The molecule has 0 bridgehead atoms. The van der Waals surface area contributed by atoms with Crippen molar-refractivity contribution in [2.45, 2.75) is 69.2 Å². The Hall–Kier alpha value is 0.110. The third-order valence-electron chi connectivity index (χ3n) is 7.75. The van der Waals surface area contributed by atoms with E-state index < -0.39 is 0 Å². The Labute approximate surface area is 136 Å². The minimum absolute atomic E-state index is 0.0613. The number of Topliss-reactive ketones (excluding diaryl/α,β-unsaturated/α-hetero) is 1. The standard InChI is InChI=1S/C18H27BrO2/c1-18-7-6-11(20)8-10(18)2-3-13-12-4-5-16(21)17(19)14(12)9-15(13)18/h10-15,17,20H,2-9H2,1H3/t10-,11-,12-,13?,14?,15-,17?,18-/m0/s1. The van der Waals surface area contributed by atoms with E-state index in [0.717, 1.165) is 43.4 Å². The van der Waals surface area contributed by atoms with Crippen molar-refractivity contribution in [3.05, 3.63) is 0 Å². The third-order valence-corrected chi connectivity index (χ3v) is 8.94. The second kappa shape index (κ2) is 5.06. The lowest BCUT2D eigenvalue weighted by atomic mass is 9.52. The second-order valence-corrected chi connectivity index (χ2v) is 9.44. The predicted octanol–water partition coefficient (Wildman–Crippen LogP) is 3.94. The van der Waals surface area contributed by atoms with Gasteiger partial charge in [0, 0.05) is 6.42 Å². The van der Waals surface area contributed by atoms with Crippen LogP contribution in [0.5, 0.6) is 0 Å². The maximum atomic E-state index is 12.1. The highest BCUT2D eigenvalue weighted by molar-refractivity contribution is 9.10. The lowest BCUT2D eigenvalue weighted by molar-refractivity contribution is -0.121. The summed E-state index contributed by atoms with van der Waals surface area (Å²) in [6.07, 6.45) is 8.96. The zero-order chi connectivity index (χ0) is 14.8. The lowest BCUT2D eigenvalue weighted by Crippen LogP contribution is -2.47. The van der Waals surface area contributed by atoms with Gasteiger partial charge in [-0.25, -0.2) is 0 Å². The van der Waals surface area contributed by atoms with Crippen LogP contribution in [0.15, 0.2) is 0 Å². The van der Waals surface area contributed by atoms with Crippen molar-refractivity contribution in [1.82, 2.24) is 0 Å². The molecule has 0 saturated heterocycles. The first-order chi connectivity index (χ1) is 10.0. The summed E-state index contributed by atoms with van der Waals surface area (Å²) in [7, 11) is 0. The van der Waals surface area contributed by atoms with Gasteiger partial charge in [0.05, 0.1) is 10.9 Å². The number of aliphatic hydroxyl groups is 1. The SMILES string of the molecule is C[C@]12CC[C@H](O)C[C@@H]1CCC1[C@@H]3CCC(=O)C(Br)C3C[C@@H]12. The molecule has 4 saturated carbocycles. The zero-order valence-corrected chi connectivity index (χ0v) is 14.5. The van der Waals surface area contributed by atoms with Gasteiger partial charge in [0.1, 0.15) is 5.78 Å². The largest absolute Gasteiger partial charge is 0.393 e. The van der Waals surface area contributed by atoms with E-state index in [0.29, 0.717) is 23.0 Å². The fourth-order valence-corrected chi connectivity index (χ4v) is 7.45. The maximum absolute atomic E-state index is 12.1. The van der Waals surface area contributed by atoms with Gasteiger partial charge in [0.25, 0.3) is 0 Å². The normalized spacial score (nSPS) is 56.5. The molecule has 0 radical (unpaired) electrons. The number of hydrogen-bond acceptors (Lipinski definition) is 2. The van der Waals surface area contributed by atoms with Crippen LogP contribution < -0.4 is 0 Å². The summed E-state index contributed by atoms with van der Waals surface area (Å²) in [5.74, 6) is 4.16. The smallest absolute Gasteiger partial charge is 0.146 e. The number of carbonyl (C=O) groups excluding carboxylic acids is 1. The summed E-state index contributed by atoms with van der Waals surface area (Å²) < 4.78 is 0. The minimum Gasteiger partial charge on any atom is -0.393 e. The molecular weight excluding hydrogens is 328 g/mol. The molecule has 1 N–H and O–H groups in total. The Kier molecular flexibility index (Phi) is 3.54. The number of halogens is 1. The molecule has 0 spiro atoms. The molecule has 4 aliphatic rings. The quantitative estimate of drug-likeness (QED) is 0.669. The fourth-order valence-electron chi connectivity index (χ4n) is 6.61. The molecule has 3 unspecified atom stereocenters. The van der Waals surface area contributed by atoms with Crippen LogP contribution in [0.25, 0.3) is 0 Å². The lowest BCUT2D eigenvalue weighted by Gasteiger charge is -2.53. The van der Waals surface area contributed by atoms with E-state index in [4.69, 9.17) is 0 Å². The summed E-state index contributed by atoms with van der Waals surface area (Å²) in [5, 5.41) is 10.0. The molecule has 21 heavy (non-hydrogen) atoms. The first kappa shape index (κ1) is 14.7. The van der Waals surface area contributed by atoms with Gasteiger partial charge in [0.15, 0.2) is 0 Å². The molecule has 4 aliphatic carbocycles. The molecule has 0 aliphatic heterocycles. The van der Waals surface area contributed by atoms with Crippen molar-refractivity contribution in [3.8, 4) is 0 Å². The zero-order valence-electron chi connectivity index (χ0n) is 12.9. The molecule has 4 fully saturated rings. The van der Waals surface area contributed by atoms with E-state index in [1.165, 1.54) is 25.7 Å². The molecule has 0 aromatic heterocycles. The average Bonchev–Trinajstić information content (AvgIpc) is 2.84. The fraction of sp³-hybridized carbons (Fsp3) is 0.944. The van der Waals surface area contributed by atoms with Crippen molar-refractivity contribution < 1.29 is 9.90 Å². The van der Waals surface area contributed by atoms with Gasteiger partial charge in [-0.2, -0.15) is 0 Å². The van der Waals surface area contributed by atoms with E-state index in [-0.39, 0.29) is 10.9 Å². The predicted molar refractivity (Wildman–Crippen MR) is 86.2 cm³/mol.